The van der Waals surface area contributed by atoms with Crippen LogP contribution in [0.15, 0.2) is 35.3 Å². The van der Waals surface area contributed by atoms with Crippen LogP contribution in [0.4, 0.5) is 17.3 Å². The molecule has 0 aliphatic carbocycles. The lowest BCUT2D eigenvalue weighted by Crippen LogP contribution is -2.44. The Morgan fingerprint density at radius 1 is 1.16 bits per heavy atom. The van der Waals surface area contributed by atoms with Gasteiger partial charge >= 0.3 is 0 Å². The summed E-state index contributed by atoms with van der Waals surface area (Å²) >= 11 is 0. The van der Waals surface area contributed by atoms with Gasteiger partial charge in [0.25, 0.3) is 5.56 Å². The standard InChI is InChI=1S/C28H37N7O3/c1-5-25(36)34-10-6-7-21(18-34)35-26(37)15-19(2)22-17-29-28(31-27(22)35)30-23-9-8-20(16-24(23)38-4)33-13-11-32(3)12-14-33/h8-9,15-17,21H,5-7,10-14,18H2,1-4H3,(H,29,30,31)/t21-/m1/s1. The van der Waals surface area contributed by atoms with E-state index in [0.29, 0.717) is 30.3 Å². The highest BCUT2D eigenvalue weighted by atomic mass is 16.5. The topological polar surface area (TPSA) is 95.8 Å². The molecular formula is C28H37N7O3. The number of methoxy groups -OCH3 is 1. The zero-order valence-corrected chi connectivity index (χ0v) is 22.7. The zero-order valence-electron chi connectivity index (χ0n) is 22.7. The van der Waals surface area contributed by atoms with Crippen molar-refractivity contribution in [2.45, 2.75) is 39.2 Å². The molecule has 10 heteroatoms. The third-order valence-electron chi connectivity index (χ3n) is 7.72. The molecule has 2 aromatic heterocycles. The van der Waals surface area contributed by atoms with Gasteiger partial charge in [0.15, 0.2) is 0 Å². The predicted molar refractivity (Wildman–Crippen MR) is 150 cm³/mol. The van der Waals surface area contributed by atoms with Crippen LogP contribution >= 0.6 is 0 Å². The summed E-state index contributed by atoms with van der Waals surface area (Å²) in [5.41, 5.74) is 3.18. The predicted octanol–water partition coefficient (Wildman–Crippen LogP) is 3.18. The average Bonchev–Trinajstić information content (AvgIpc) is 2.93. The summed E-state index contributed by atoms with van der Waals surface area (Å²) in [6.45, 7) is 9.01. The fourth-order valence-electron chi connectivity index (χ4n) is 5.47. The second-order valence-electron chi connectivity index (χ2n) is 10.3. The number of aryl methyl sites for hydroxylation is 1. The Morgan fingerprint density at radius 3 is 2.68 bits per heavy atom. The molecule has 2 saturated heterocycles. The van der Waals surface area contributed by atoms with E-state index in [1.807, 2.05) is 30.9 Å². The monoisotopic (exact) mass is 519 g/mol. The number of likely N-dealkylation sites (tertiary alicyclic amines) is 1. The number of piperazine rings is 1. The highest BCUT2D eigenvalue weighted by molar-refractivity contribution is 5.80. The molecule has 0 radical (unpaired) electrons. The Morgan fingerprint density at radius 2 is 1.95 bits per heavy atom. The number of aromatic nitrogens is 3. The van der Waals surface area contributed by atoms with Gasteiger partial charge in [0.2, 0.25) is 11.9 Å². The second-order valence-corrected chi connectivity index (χ2v) is 10.3. The minimum Gasteiger partial charge on any atom is -0.494 e. The van der Waals surface area contributed by atoms with E-state index < -0.39 is 0 Å². The van der Waals surface area contributed by atoms with E-state index in [1.165, 1.54) is 0 Å². The molecule has 2 aliphatic rings. The van der Waals surface area contributed by atoms with Gasteiger partial charge in [0.1, 0.15) is 11.4 Å². The first-order valence-corrected chi connectivity index (χ1v) is 13.4. The fraction of sp³-hybridized carbons (Fsp3) is 0.500. The molecule has 1 amide bonds. The Balaban J connectivity index is 1.47. The zero-order chi connectivity index (χ0) is 26.8. The molecule has 38 heavy (non-hydrogen) atoms. The Bertz CT molecular complexity index is 1380. The summed E-state index contributed by atoms with van der Waals surface area (Å²) < 4.78 is 7.46. The van der Waals surface area contributed by atoms with Crippen molar-refractivity contribution in [3.63, 3.8) is 0 Å². The number of hydrogen-bond acceptors (Lipinski definition) is 8. The summed E-state index contributed by atoms with van der Waals surface area (Å²) in [5, 5.41) is 4.13. The third kappa shape index (κ3) is 5.18. The number of nitrogens with zero attached hydrogens (tertiary/aromatic N) is 6. The summed E-state index contributed by atoms with van der Waals surface area (Å²) in [4.78, 5) is 41.5. The highest BCUT2D eigenvalue weighted by Crippen LogP contribution is 2.32. The second kappa shape index (κ2) is 11.0. The first-order chi connectivity index (χ1) is 18.4. The summed E-state index contributed by atoms with van der Waals surface area (Å²) in [6.07, 6.45) is 3.89. The van der Waals surface area contributed by atoms with Crippen LogP contribution in [0.2, 0.25) is 0 Å². The molecule has 0 unspecified atom stereocenters. The third-order valence-corrected chi connectivity index (χ3v) is 7.72. The van der Waals surface area contributed by atoms with Crippen molar-refractivity contribution in [2.75, 3.05) is 63.6 Å². The maximum Gasteiger partial charge on any atom is 0.252 e. The number of piperidine rings is 1. The van der Waals surface area contributed by atoms with E-state index in [0.717, 1.165) is 67.9 Å². The van der Waals surface area contributed by atoms with Gasteiger partial charge in [0.05, 0.1) is 18.8 Å². The molecule has 4 heterocycles. The number of amides is 1. The van der Waals surface area contributed by atoms with Crippen LogP contribution in [-0.4, -0.2) is 83.7 Å². The van der Waals surface area contributed by atoms with Crippen LogP contribution in [-0.2, 0) is 4.79 Å². The van der Waals surface area contributed by atoms with Gasteiger partial charge in [-0.25, -0.2) is 4.98 Å². The number of likely N-dealkylation sites (N-methyl/N-ethyl adjacent to an activating group) is 1. The number of nitrogens with one attached hydrogen (secondary N) is 1. The first-order valence-electron chi connectivity index (χ1n) is 13.4. The van der Waals surface area contributed by atoms with Crippen molar-refractivity contribution >= 4 is 34.3 Å². The summed E-state index contributed by atoms with van der Waals surface area (Å²) in [6, 6.07) is 7.61. The van der Waals surface area contributed by atoms with Crippen molar-refractivity contribution in [2.24, 2.45) is 0 Å². The summed E-state index contributed by atoms with van der Waals surface area (Å²) in [7, 11) is 3.80. The van der Waals surface area contributed by atoms with Crippen LogP contribution in [0, 0.1) is 6.92 Å². The van der Waals surface area contributed by atoms with Crippen molar-refractivity contribution in [1.29, 1.82) is 0 Å². The lowest BCUT2D eigenvalue weighted by Gasteiger charge is -2.34. The molecule has 1 atom stereocenters. The van der Waals surface area contributed by atoms with E-state index in [1.54, 1.807) is 23.9 Å². The molecule has 0 bridgehead atoms. The van der Waals surface area contributed by atoms with Crippen molar-refractivity contribution in [3.8, 4) is 5.75 Å². The number of benzene rings is 1. The number of ether oxygens (including phenoxy) is 1. The molecule has 5 rings (SSSR count). The number of fused-ring (bicyclic) bond motifs is 1. The van der Waals surface area contributed by atoms with Crippen molar-refractivity contribution in [1.82, 2.24) is 24.3 Å². The maximum atomic E-state index is 13.2. The SMILES string of the molecule is CCC(=O)N1CCC[C@@H](n2c(=O)cc(C)c3cnc(Nc4ccc(N5CCN(C)CC5)cc4OC)nc32)C1. The van der Waals surface area contributed by atoms with Gasteiger partial charge in [-0.15, -0.1) is 0 Å². The molecule has 202 valence electrons. The molecule has 0 spiro atoms. The maximum absolute atomic E-state index is 13.2. The fourth-order valence-corrected chi connectivity index (χ4v) is 5.47. The largest absolute Gasteiger partial charge is 0.494 e. The number of anilines is 3. The van der Waals surface area contributed by atoms with E-state index >= 15 is 0 Å². The van der Waals surface area contributed by atoms with Gasteiger partial charge < -0.3 is 24.8 Å². The Labute approximate surface area is 223 Å². The number of pyridine rings is 1. The van der Waals surface area contributed by atoms with E-state index in [-0.39, 0.29) is 17.5 Å². The van der Waals surface area contributed by atoms with Crippen LogP contribution in [0.5, 0.6) is 5.75 Å². The number of carbonyl (C=O) groups excluding carboxylic acids is 1. The van der Waals surface area contributed by atoms with Gasteiger partial charge in [0, 0.05) is 75.1 Å². The number of hydrogen-bond donors (Lipinski definition) is 1. The van der Waals surface area contributed by atoms with Crippen LogP contribution in [0.1, 0.15) is 37.8 Å². The smallest absolute Gasteiger partial charge is 0.252 e. The summed E-state index contributed by atoms with van der Waals surface area (Å²) in [5.74, 6) is 1.20. The van der Waals surface area contributed by atoms with E-state index in [9.17, 15) is 9.59 Å². The lowest BCUT2D eigenvalue weighted by molar-refractivity contribution is -0.132. The van der Waals surface area contributed by atoms with Crippen LogP contribution < -0.4 is 20.5 Å². The molecule has 10 nitrogen and oxygen atoms in total. The Hall–Kier alpha value is -3.66. The molecule has 2 fully saturated rings. The molecule has 1 N–H and O–H groups in total. The van der Waals surface area contributed by atoms with Crippen molar-refractivity contribution < 1.29 is 9.53 Å². The Kier molecular flexibility index (Phi) is 7.51. The number of rotatable bonds is 6. The average molecular weight is 520 g/mol. The molecule has 1 aromatic carbocycles. The van der Waals surface area contributed by atoms with Gasteiger partial charge in [-0.05, 0) is 44.5 Å². The molecular weight excluding hydrogens is 482 g/mol. The minimum absolute atomic E-state index is 0.107. The molecule has 0 saturated carbocycles. The molecule has 3 aromatic rings. The van der Waals surface area contributed by atoms with E-state index in [4.69, 9.17) is 9.72 Å². The lowest BCUT2D eigenvalue weighted by atomic mass is 10.0. The minimum atomic E-state index is -0.130. The first kappa shape index (κ1) is 26.0. The van der Waals surface area contributed by atoms with Gasteiger partial charge in [-0.1, -0.05) is 6.92 Å². The van der Waals surface area contributed by atoms with Crippen LogP contribution in [0.25, 0.3) is 11.0 Å². The van der Waals surface area contributed by atoms with E-state index in [2.05, 4.69) is 33.2 Å². The highest BCUT2D eigenvalue weighted by Gasteiger charge is 2.26. The normalized spacial score (nSPS) is 18.6. The van der Waals surface area contributed by atoms with Crippen LogP contribution in [0.3, 0.4) is 0 Å². The van der Waals surface area contributed by atoms with Crippen molar-refractivity contribution in [3.05, 3.63) is 46.4 Å². The number of carbonyl (C=O) groups is 1. The van der Waals surface area contributed by atoms with Gasteiger partial charge in [-0.2, -0.15) is 4.98 Å². The quantitative estimate of drug-likeness (QED) is 0.531. The van der Waals surface area contributed by atoms with Gasteiger partial charge in [-0.3, -0.25) is 14.2 Å². The molecule has 2 aliphatic heterocycles.